The van der Waals surface area contributed by atoms with E-state index in [0.29, 0.717) is 19.8 Å². The van der Waals surface area contributed by atoms with E-state index in [2.05, 4.69) is 4.90 Å². The van der Waals surface area contributed by atoms with E-state index in [1.165, 1.54) is 29.2 Å². The van der Waals surface area contributed by atoms with Gasteiger partial charge in [0.25, 0.3) is 5.91 Å². The van der Waals surface area contributed by atoms with Crippen LogP contribution in [-0.4, -0.2) is 44.2 Å². The lowest BCUT2D eigenvalue weighted by Crippen LogP contribution is -2.36. The van der Waals surface area contributed by atoms with Crippen molar-refractivity contribution in [1.82, 2.24) is 4.90 Å². The summed E-state index contributed by atoms with van der Waals surface area (Å²) in [5.41, 5.74) is 1.57. The van der Waals surface area contributed by atoms with Crippen molar-refractivity contribution in [2.75, 3.05) is 38.3 Å². The van der Waals surface area contributed by atoms with Gasteiger partial charge in [0.1, 0.15) is 5.76 Å². The third-order valence-electron chi connectivity index (χ3n) is 5.37. The molecule has 0 unspecified atom stereocenters. The maximum atomic E-state index is 13.0. The first-order chi connectivity index (χ1) is 15.3. The maximum Gasteiger partial charge on any atom is 0.416 e. The SMILES string of the molecule is CN(Cc1ccc(N2CCOCC2)cc1)C(=O)c1ccc(-c2cccc(C(F)(F)F)c2)o1. The van der Waals surface area contributed by atoms with Crippen molar-refractivity contribution < 1.29 is 27.1 Å². The molecule has 5 nitrogen and oxygen atoms in total. The summed E-state index contributed by atoms with van der Waals surface area (Å²) < 4.78 is 49.8. The van der Waals surface area contributed by atoms with Gasteiger partial charge in [-0.3, -0.25) is 4.79 Å². The number of nitrogens with zero attached hydrogens (tertiary/aromatic N) is 2. The summed E-state index contributed by atoms with van der Waals surface area (Å²) in [5, 5.41) is 0. The largest absolute Gasteiger partial charge is 0.451 e. The van der Waals surface area contributed by atoms with Crippen LogP contribution in [0.1, 0.15) is 21.7 Å². The van der Waals surface area contributed by atoms with Gasteiger partial charge >= 0.3 is 6.18 Å². The van der Waals surface area contributed by atoms with E-state index in [0.717, 1.165) is 36.5 Å². The van der Waals surface area contributed by atoms with Crippen molar-refractivity contribution in [2.24, 2.45) is 0 Å². The van der Waals surface area contributed by atoms with Crippen LogP contribution >= 0.6 is 0 Å². The molecule has 8 heteroatoms. The molecular formula is C24H23F3N2O3. The van der Waals surface area contributed by atoms with E-state index in [1.807, 2.05) is 24.3 Å². The first kappa shape index (κ1) is 22.0. The van der Waals surface area contributed by atoms with Crippen molar-refractivity contribution in [3.63, 3.8) is 0 Å². The third kappa shape index (κ3) is 4.96. The molecule has 1 amide bonds. The molecule has 168 valence electrons. The Morgan fingerprint density at radius 3 is 2.44 bits per heavy atom. The quantitative estimate of drug-likeness (QED) is 0.551. The zero-order valence-corrected chi connectivity index (χ0v) is 17.6. The fraction of sp³-hybridized carbons (Fsp3) is 0.292. The Labute approximate surface area is 184 Å². The van der Waals surface area contributed by atoms with Crippen LogP contribution < -0.4 is 4.90 Å². The average Bonchev–Trinajstić information content (AvgIpc) is 3.29. The Balaban J connectivity index is 1.42. The molecular weight excluding hydrogens is 421 g/mol. The van der Waals surface area contributed by atoms with Gasteiger partial charge in [-0.15, -0.1) is 0 Å². The van der Waals surface area contributed by atoms with Crippen LogP contribution in [0.2, 0.25) is 0 Å². The normalized spacial score (nSPS) is 14.4. The van der Waals surface area contributed by atoms with Crippen LogP contribution in [0.15, 0.2) is 65.1 Å². The minimum absolute atomic E-state index is 0.0739. The average molecular weight is 444 g/mol. The lowest BCUT2D eigenvalue weighted by Gasteiger charge is -2.29. The van der Waals surface area contributed by atoms with E-state index < -0.39 is 11.7 Å². The molecule has 0 saturated carbocycles. The molecule has 0 radical (unpaired) electrons. The zero-order valence-electron chi connectivity index (χ0n) is 17.6. The first-order valence-electron chi connectivity index (χ1n) is 10.3. The number of furan rings is 1. The molecule has 2 heterocycles. The number of alkyl halides is 3. The van der Waals surface area contributed by atoms with E-state index in [9.17, 15) is 18.0 Å². The summed E-state index contributed by atoms with van der Waals surface area (Å²) in [6, 6.07) is 15.8. The number of halogens is 3. The lowest BCUT2D eigenvalue weighted by molar-refractivity contribution is -0.137. The van der Waals surface area contributed by atoms with E-state index >= 15 is 0 Å². The Hall–Kier alpha value is -3.26. The molecule has 1 fully saturated rings. The van der Waals surface area contributed by atoms with E-state index in [4.69, 9.17) is 9.15 Å². The van der Waals surface area contributed by atoms with Gasteiger partial charge in [-0.1, -0.05) is 24.3 Å². The highest BCUT2D eigenvalue weighted by molar-refractivity contribution is 5.92. The van der Waals surface area contributed by atoms with Gasteiger partial charge in [0.2, 0.25) is 0 Å². The monoisotopic (exact) mass is 444 g/mol. The fourth-order valence-corrected chi connectivity index (χ4v) is 3.62. The van der Waals surface area contributed by atoms with Gasteiger partial charge < -0.3 is 19.0 Å². The number of hydrogen-bond acceptors (Lipinski definition) is 4. The highest BCUT2D eigenvalue weighted by Gasteiger charge is 2.30. The Bertz CT molecular complexity index is 1070. The number of carbonyl (C=O) groups is 1. The van der Waals surface area contributed by atoms with Crippen molar-refractivity contribution in [3.05, 3.63) is 77.6 Å². The Kier molecular flexibility index (Phi) is 6.23. The maximum absolute atomic E-state index is 13.0. The van der Waals surface area contributed by atoms with Crippen molar-refractivity contribution >= 4 is 11.6 Å². The van der Waals surface area contributed by atoms with Crippen LogP contribution in [0.25, 0.3) is 11.3 Å². The Morgan fingerprint density at radius 2 is 1.75 bits per heavy atom. The van der Waals surface area contributed by atoms with Crippen molar-refractivity contribution in [2.45, 2.75) is 12.7 Å². The summed E-state index contributed by atoms with van der Waals surface area (Å²) in [7, 11) is 1.66. The predicted molar refractivity (Wildman–Crippen MR) is 114 cm³/mol. The van der Waals surface area contributed by atoms with Crippen LogP contribution in [0, 0.1) is 0 Å². The molecule has 0 aliphatic carbocycles. The molecule has 3 aromatic rings. The summed E-state index contributed by atoms with van der Waals surface area (Å²) >= 11 is 0. The first-order valence-corrected chi connectivity index (χ1v) is 10.3. The van der Waals surface area contributed by atoms with E-state index in [-0.39, 0.29) is 23.0 Å². The number of anilines is 1. The predicted octanol–water partition coefficient (Wildman–Crippen LogP) is 5.07. The molecule has 0 bridgehead atoms. The van der Waals surface area contributed by atoms with Crippen LogP contribution in [0.3, 0.4) is 0 Å². The Morgan fingerprint density at radius 1 is 1.03 bits per heavy atom. The summed E-state index contributed by atoms with van der Waals surface area (Å²) in [6.07, 6.45) is -4.45. The van der Waals surface area contributed by atoms with Crippen molar-refractivity contribution in [3.8, 4) is 11.3 Å². The minimum atomic E-state index is -4.45. The number of ether oxygens (including phenoxy) is 1. The number of morpholine rings is 1. The molecule has 0 atom stereocenters. The van der Waals surface area contributed by atoms with Gasteiger partial charge in [-0.25, -0.2) is 0 Å². The molecule has 1 aliphatic heterocycles. The molecule has 0 spiro atoms. The van der Waals surface area contributed by atoms with Gasteiger partial charge in [-0.2, -0.15) is 13.2 Å². The highest BCUT2D eigenvalue weighted by atomic mass is 19.4. The van der Waals surface area contributed by atoms with Crippen LogP contribution in [0.5, 0.6) is 0 Å². The number of rotatable bonds is 5. The second-order valence-electron chi connectivity index (χ2n) is 7.67. The second-order valence-corrected chi connectivity index (χ2v) is 7.67. The number of benzene rings is 2. The molecule has 2 aromatic carbocycles. The summed E-state index contributed by atoms with van der Waals surface area (Å²) in [4.78, 5) is 16.5. The van der Waals surface area contributed by atoms with Gasteiger partial charge in [-0.05, 0) is 42.0 Å². The highest BCUT2D eigenvalue weighted by Crippen LogP contribution is 2.32. The topological polar surface area (TPSA) is 45.9 Å². The zero-order chi connectivity index (χ0) is 22.7. The molecule has 32 heavy (non-hydrogen) atoms. The van der Waals surface area contributed by atoms with Crippen LogP contribution in [-0.2, 0) is 17.5 Å². The molecule has 1 aliphatic rings. The standard InChI is InChI=1S/C24H23F3N2O3/c1-28(16-17-5-7-20(8-6-17)29-11-13-31-14-12-29)23(30)22-10-9-21(32-22)18-3-2-4-19(15-18)24(25,26)27/h2-10,15H,11-14,16H2,1H3. The molecule has 0 N–H and O–H groups in total. The van der Waals surface area contributed by atoms with Crippen LogP contribution in [0.4, 0.5) is 18.9 Å². The lowest BCUT2D eigenvalue weighted by atomic mass is 10.1. The van der Waals surface area contributed by atoms with Gasteiger partial charge in [0.15, 0.2) is 5.76 Å². The number of amides is 1. The van der Waals surface area contributed by atoms with Gasteiger partial charge in [0, 0.05) is 37.9 Å². The third-order valence-corrected chi connectivity index (χ3v) is 5.37. The van der Waals surface area contributed by atoms with Crippen molar-refractivity contribution in [1.29, 1.82) is 0 Å². The van der Waals surface area contributed by atoms with Gasteiger partial charge in [0.05, 0.1) is 18.8 Å². The molecule has 1 saturated heterocycles. The summed E-state index contributed by atoms with van der Waals surface area (Å²) in [5.74, 6) is -0.0620. The second kappa shape index (κ2) is 9.08. The number of hydrogen-bond donors (Lipinski definition) is 0. The minimum Gasteiger partial charge on any atom is -0.451 e. The molecule has 1 aromatic heterocycles. The summed E-state index contributed by atoms with van der Waals surface area (Å²) in [6.45, 7) is 3.51. The fourth-order valence-electron chi connectivity index (χ4n) is 3.62. The molecule has 4 rings (SSSR count). The van der Waals surface area contributed by atoms with E-state index in [1.54, 1.807) is 7.05 Å². The smallest absolute Gasteiger partial charge is 0.416 e. The number of carbonyl (C=O) groups excluding carboxylic acids is 1.